The van der Waals surface area contributed by atoms with Gasteiger partial charge in [0.2, 0.25) is 5.78 Å². The molecule has 0 fully saturated rings. The molecule has 0 bridgehead atoms. The lowest BCUT2D eigenvalue weighted by molar-refractivity contribution is 0.106. The molecule has 0 saturated heterocycles. The summed E-state index contributed by atoms with van der Waals surface area (Å²) in [6, 6.07) is 15.0. The number of ether oxygens (including phenoxy) is 2. The Morgan fingerprint density at radius 3 is 2.33 bits per heavy atom. The lowest BCUT2D eigenvalue weighted by Gasteiger charge is -2.19. The number of Topliss-reactive ketones (excluding diaryl/α,β-unsaturated/α-hetero) is 1. The summed E-state index contributed by atoms with van der Waals surface area (Å²) in [4.78, 5) is 16.8. The average Bonchev–Trinajstić information content (AvgIpc) is 2.60. The highest BCUT2D eigenvalue weighted by atomic mass is 16.5. The third-order valence-corrected chi connectivity index (χ3v) is 3.70. The first kappa shape index (κ1) is 17.7. The van der Waals surface area contributed by atoms with Gasteiger partial charge in [-0.2, -0.15) is 0 Å². The maximum absolute atomic E-state index is 12.4. The molecule has 24 heavy (non-hydrogen) atoms. The van der Waals surface area contributed by atoms with Crippen molar-refractivity contribution < 1.29 is 14.3 Å². The van der Waals surface area contributed by atoms with Gasteiger partial charge in [0.1, 0.15) is 11.5 Å². The summed E-state index contributed by atoms with van der Waals surface area (Å²) in [6.45, 7) is 4.01. The van der Waals surface area contributed by atoms with Crippen molar-refractivity contribution >= 4 is 12.0 Å². The highest BCUT2D eigenvalue weighted by Crippen LogP contribution is 2.21. The summed E-state index contributed by atoms with van der Waals surface area (Å²) in [5, 5.41) is 0. The van der Waals surface area contributed by atoms with Crippen LogP contribution in [-0.4, -0.2) is 31.8 Å². The van der Waals surface area contributed by atoms with Crippen molar-refractivity contribution in [3.63, 3.8) is 0 Å². The monoisotopic (exact) mass is 325 g/mol. The number of ketones is 1. The van der Waals surface area contributed by atoms with Gasteiger partial charge in [0.15, 0.2) is 0 Å². The van der Waals surface area contributed by atoms with Gasteiger partial charge in [-0.3, -0.25) is 9.79 Å². The van der Waals surface area contributed by atoms with Gasteiger partial charge in [0.05, 0.1) is 31.5 Å². The number of carbonyl (C=O) groups is 1. The highest BCUT2D eigenvalue weighted by molar-refractivity contribution is 6.36. The zero-order chi connectivity index (χ0) is 17.6. The second-order valence-corrected chi connectivity index (χ2v) is 6.16. The van der Waals surface area contributed by atoms with Crippen LogP contribution in [0.15, 0.2) is 53.5 Å². The number of rotatable bonds is 7. The molecule has 0 amide bonds. The summed E-state index contributed by atoms with van der Waals surface area (Å²) < 4.78 is 10.4. The zero-order valence-electron chi connectivity index (χ0n) is 14.6. The van der Waals surface area contributed by atoms with Crippen molar-refractivity contribution in [2.75, 3.05) is 14.2 Å². The van der Waals surface area contributed by atoms with Crippen LogP contribution in [0.3, 0.4) is 0 Å². The van der Waals surface area contributed by atoms with Crippen LogP contribution < -0.4 is 9.47 Å². The number of hydrogen-bond acceptors (Lipinski definition) is 4. The van der Waals surface area contributed by atoms with E-state index < -0.39 is 0 Å². The Morgan fingerprint density at radius 1 is 1.04 bits per heavy atom. The molecule has 0 spiro atoms. The van der Waals surface area contributed by atoms with Gasteiger partial charge in [0, 0.05) is 0 Å². The number of nitrogens with zero attached hydrogens (tertiary/aromatic N) is 1. The van der Waals surface area contributed by atoms with Gasteiger partial charge in [-0.1, -0.05) is 24.3 Å². The first-order valence-corrected chi connectivity index (χ1v) is 7.81. The predicted molar refractivity (Wildman–Crippen MR) is 96.6 cm³/mol. The lowest BCUT2D eigenvalue weighted by atomic mass is 9.95. The topological polar surface area (TPSA) is 47.9 Å². The van der Waals surface area contributed by atoms with Gasteiger partial charge in [-0.05, 0) is 50.1 Å². The van der Waals surface area contributed by atoms with E-state index in [0.717, 1.165) is 17.7 Å². The normalized spacial score (nSPS) is 11.5. The Balaban J connectivity index is 2.09. The first-order chi connectivity index (χ1) is 11.4. The summed E-state index contributed by atoms with van der Waals surface area (Å²) in [5.41, 5.74) is 1.28. The van der Waals surface area contributed by atoms with E-state index in [1.807, 2.05) is 50.2 Å². The number of methoxy groups -OCH3 is 2. The van der Waals surface area contributed by atoms with Crippen LogP contribution in [0.2, 0.25) is 0 Å². The molecule has 0 N–H and O–H groups in total. The minimum atomic E-state index is -0.383. The minimum absolute atomic E-state index is 0.157. The Morgan fingerprint density at radius 2 is 1.71 bits per heavy atom. The van der Waals surface area contributed by atoms with Crippen LogP contribution in [0, 0.1) is 0 Å². The Labute approximate surface area is 143 Å². The Kier molecular flexibility index (Phi) is 5.74. The Bertz CT molecular complexity index is 718. The number of benzene rings is 2. The van der Waals surface area contributed by atoms with Gasteiger partial charge in [0.25, 0.3) is 0 Å². The quantitative estimate of drug-likeness (QED) is 0.571. The van der Waals surface area contributed by atoms with Crippen LogP contribution >= 0.6 is 0 Å². The fraction of sp³-hybridized carbons (Fsp3) is 0.300. The maximum Gasteiger partial charge on any atom is 0.207 e. The molecule has 2 aromatic rings. The molecule has 0 aliphatic rings. The van der Waals surface area contributed by atoms with E-state index in [4.69, 9.17) is 9.47 Å². The molecule has 4 nitrogen and oxygen atoms in total. The van der Waals surface area contributed by atoms with E-state index in [1.54, 1.807) is 26.4 Å². The van der Waals surface area contributed by atoms with E-state index in [9.17, 15) is 4.79 Å². The molecule has 0 unspecified atom stereocenters. The molecule has 0 aliphatic carbocycles. The van der Waals surface area contributed by atoms with Crippen LogP contribution in [0.25, 0.3) is 0 Å². The van der Waals surface area contributed by atoms with Crippen molar-refractivity contribution in [2.24, 2.45) is 4.99 Å². The van der Waals surface area contributed by atoms with Gasteiger partial charge >= 0.3 is 0 Å². The van der Waals surface area contributed by atoms with Crippen LogP contribution in [0.5, 0.6) is 11.5 Å². The van der Waals surface area contributed by atoms with Crippen LogP contribution in [0.1, 0.15) is 29.8 Å². The second-order valence-electron chi connectivity index (χ2n) is 6.16. The molecule has 2 rings (SSSR count). The fourth-order valence-corrected chi connectivity index (χ4v) is 2.44. The third kappa shape index (κ3) is 4.69. The van der Waals surface area contributed by atoms with Crippen molar-refractivity contribution in [3.05, 3.63) is 59.7 Å². The SMILES string of the molecule is COc1ccc(CC(C)(C)N=CC(=O)c2ccccc2OC)cc1. The summed E-state index contributed by atoms with van der Waals surface area (Å²) in [5.74, 6) is 1.23. The zero-order valence-corrected chi connectivity index (χ0v) is 14.6. The van der Waals surface area contributed by atoms with Crippen molar-refractivity contribution in [2.45, 2.75) is 25.8 Å². The molecule has 0 radical (unpaired) electrons. The van der Waals surface area contributed by atoms with E-state index in [2.05, 4.69) is 4.99 Å². The molecule has 0 aromatic heterocycles. The predicted octanol–water partition coefficient (Wildman–Crippen LogP) is 3.98. The second kappa shape index (κ2) is 7.77. The third-order valence-electron chi connectivity index (χ3n) is 3.70. The average molecular weight is 325 g/mol. The van der Waals surface area contributed by atoms with Crippen molar-refractivity contribution in [1.82, 2.24) is 0 Å². The smallest absolute Gasteiger partial charge is 0.207 e. The molecular weight excluding hydrogens is 302 g/mol. The summed E-state index contributed by atoms with van der Waals surface area (Å²) in [6.07, 6.45) is 2.12. The minimum Gasteiger partial charge on any atom is -0.497 e. The lowest BCUT2D eigenvalue weighted by Crippen LogP contribution is -2.21. The molecule has 2 aromatic carbocycles. The molecule has 0 aliphatic heterocycles. The van der Waals surface area contributed by atoms with Crippen molar-refractivity contribution in [1.29, 1.82) is 0 Å². The van der Waals surface area contributed by atoms with Crippen LogP contribution in [0.4, 0.5) is 0 Å². The molecule has 4 heteroatoms. The van der Waals surface area contributed by atoms with E-state index in [0.29, 0.717) is 11.3 Å². The van der Waals surface area contributed by atoms with Gasteiger partial charge in [-0.15, -0.1) is 0 Å². The van der Waals surface area contributed by atoms with Crippen molar-refractivity contribution in [3.8, 4) is 11.5 Å². The van der Waals surface area contributed by atoms with E-state index in [-0.39, 0.29) is 11.3 Å². The standard InChI is InChI=1S/C20H23NO3/c1-20(2,13-15-9-11-16(23-3)12-10-15)21-14-18(22)17-7-5-6-8-19(17)24-4/h5-12,14H,13H2,1-4H3. The number of para-hydroxylation sites is 1. The number of carbonyl (C=O) groups excluding carboxylic acids is 1. The highest BCUT2D eigenvalue weighted by Gasteiger charge is 2.18. The van der Waals surface area contributed by atoms with Gasteiger partial charge in [-0.25, -0.2) is 0 Å². The molecule has 0 heterocycles. The first-order valence-electron chi connectivity index (χ1n) is 7.81. The molecule has 0 saturated carbocycles. The largest absolute Gasteiger partial charge is 0.497 e. The number of hydrogen-bond donors (Lipinski definition) is 0. The van der Waals surface area contributed by atoms with E-state index in [1.165, 1.54) is 6.21 Å². The maximum atomic E-state index is 12.4. The molecule has 126 valence electrons. The van der Waals surface area contributed by atoms with Crippen LogP contribution in [-0.2, 0) is 6.42 Å². The summed E-state index contributed by atoms with van der Waals surface area (Å²) in [7, 11) is 3.20. The molecular formula is C20H23NO3. The fourth-order valence-electron chi connectivity index (χ4n) is 2.44. The van der Waals surface area contributed by atoms with Gasteiger partial charge < -0.3 is 9.47 Å². The summed E-state index contributed by atoms with van der Waals surface area (Å²) >= 11 is 0. The molecule has 0 atom stereocenters. The number of aliphatic imine (C=N–C) groups is 1. The van der Waals surface area contributed by atoms with E-state index >= 15 is 0 Å². The Hall–Kier alpha value is -2.62.